The quantitative estimate of drug-likeness (QED) is 0.258. The Kier molecular flexibility index (Phi) is 8.15. The number of amides is 2. The summed E-state index contributed by atoms with van der Waals surface area (Å²) in [5.74, 6) is -0.112. The fraction of sp³-hybridized carbons (Fsp3) is 0.840. The summed E-state index contributed by atoms with van der Waals surface area (Å²) < 4.78 is 24.1. The molecule has 0 bridgehead atoms. The third-order valence-electron chi connectivity index (χ3n) is 8.17. The Bertz CT molecular complexity index is 809. The van der Waals surface area contributed by atoms with E-state index in [0.29, 0.717) is 13.0 Å². The van der Waals surface area contributed by atoms with Gasteiger partial charge in [0.25, 0.3) is 0 Å². The number of rotatable bonds is 9. The van der Waals surface area contributed by atoms with Crippen LogP contribution in [0.25, 0.3) is 0 Å². The molecule has 9 nitrogen and oxygen atoms in total. The molecule has 3 N–H and O–H groups in total. The maximum absolute atomic E-state index is 12.8. The molecule has 1 spiro atoms. The number of hydrogen-bond acceptors (Lipinski definition) is 7. The molecule has 0 aromatic carbocycles. The van der Waals surface area contributed by atoms with E-state index < -0.39 is 6.09 Å². The molecule has 0 aromatic rings. The average molecular weight is 489 g/mol. The third-order valence-corrected chi connectivity index (χ3v) is 8.17. The average Bonchev–Trinajstić information content (AvgIpc) is 3.72. The number of alkyl carbamates (subject to hydrolysis) is 1. The number of carbonyl (C=O) groups is 2. The van der Waals surface area contributed by atoms with Crippen LogP contribution in [0, 0.1) is 5.92 Å². The zero-order valence-electron chi connectivity index (χ0n) is 21.4. The molecular weight excluding hydrogens is 449 g/mol. The molecule has 6 atom stereocenters. The van der Waals surface area contributed by atoms with Gasteiger partial charge in [-0.05, 0) is 65.7 Å². The number of allylic oxidation sites excluding steroid dienone is 1. The van der Waals surface area contributed by atoms with Crippen LogP contribution in [-0.2, 0) is 23.7 Å². The van der Waals surface area contributed by atoms with Crippen LogP contribution in [0.3, 0.4) is 0 Å². The largest absolute Gasteiger partial charge is 0.443 e. The van der Waals surface area contributed by atoms with Crippen molar-refractivity contribution in [1.29, 1.82) is 0 Å². The molecule has 35 heavy (non-hydrogen) atoms. The smallest absolute Gasteiger partial charge is 0.407 e. The predicted octanol–water partition coefficient (Wildman–Crippen LogP) is 1.89. The van der Waals surface area contributed by atoms with Crippen LogP contribution in [0.1, 0.15) is 65.7 Å². The van der Waals surface area contributed by atoms with Crippen molar-refractivity contribution in [2.45, 2.75) is 107 Å². The van der Waals surface area contributed by atoms with Crippen molar-refractivity contribution >= 4 is 20.0 Å². The minimum absolute atomic E-state index is 0.00386. The number of epoxide rings is 2. The molecular formula is C25H40BN3O6. The fourth-order valence-corrected chi connectivity index (χ4v) is 6.16. The molecule has 4 fully saturated rings. The van der Waals surface area contributed by atoms with Crippen molar-refractivity contribution < 1.29 is 28.5 Å². The number of nitrogens with one attached hydrogen (secondary N) is 3. The van der Waals surface area contributed by atoms with E-state index in [2.05, 4.69) is 42.7 Å². The van der Waals surface area contributed by atoms with Gasteiger partial charge in [-0.3, -0.25) is 4.79 Å². The van der Waals surface area contributed by atoms with Gasteiger partial charge in [-0.2, -0.15) is 0 Å². The highest BCUT2D eigenvalue weighted by molar-refractivity contribution is 6.06. The predicted molar refractivity (Wildman–Crippen MR) is 131 cm³/mol. The number of carbonyl (C=O) groups excluding carboxylic acids is 2. The molecule has 4 rings (SSSR count). The number of methoxy groups -OCH3 is 1. The van der Waals surface area contributed by atoms with E-state index in [1.54, 1.807) is 7.11 Å². The molecule has 2 heterocycles. The Balaban J connectivity index is 1.30. The van der Waals surface area contributed by atoms with E-state index in [4.69, 9.17) is 26.9 Å². The molecule has 2 saturated carbocycles. The molecule has 2 radical (unpaired) electrons. The minimum Gasteiger partial charge on any atom is -0.443 e. The van der Waals surface area contributed by atoms with E-state index in [-0.39, 0.29) is 60.0 Å². The summed E-state index contributed by atoms with van der Waals surface area (Å²) in [6.07, 6.45) is 6.82. The Morgan fingerprint density at radius 3 is 2.34 bits per heavy atom. The summed E-state index contributed by atoms with van der Waals surface area (Å²) >= 11 is 0. The van der Waals surface area contributed by atoms with Gasteiger partial charge in [0.1, 0.15) is 23.4 Å². The van der Waals surface area contributed by atoms with E-state index in [1.807, 2.05) is 0 Å². The SMILES string of the molecule is [B]NCC(=O)NC1CCC(NC(=O)OC2CC[C@]3(CO3)C(C3(C)O[C@@H]3CC=C(C)C)C2OC)CC1. The number of hydrogen-bond donors (Lipinski definition) is 3. The van der Waals surface area contributed by atoms with Crippen LogP contribution in [0.15, 0.2) is 11.6 Å². The Morgan fingerprint density at radius 1 is 1.11 bits per heavy atom. The molecule has 2 aliphatic heterocycles. The molecule has 0 aromatic heterocycles. The van der Waals surface area contributed by atoms with Gasteiger partial charge in [0.2, 0.25) is 5.91 Å². The Morgan fingerprint density at radius 2 is 1.77 bits per heavy atom. The highest BCUT2D eigenvalue weighted by Gasteiger charge is 2.72. The van der Waals surface area contributed by atoms with Crippen molar-refractivity contribution in [2.75, 3.05) is 20.3 Å². The first-order chi connectivity index (χ1) is 16.7. The second kappa shape index (κ2) is 10.8. The summed E-state index contributed by atoms with van der Waals surface area (Å²) in [4.78, 5) is 24.5. The zero-order valence-corrected chi connectivity index (χ0v) is 21.4. The Hall–Kier alpha value is -1.62. The van der Waals surface area contributed by atoms with Gasteiger partial charge in [0.05, 0.1) is 25.2 Å². The van der Waals surface area contributed by atoms with E-state index in [9.17, 15) is 9.59 Å². The van der Waals surface area contributed by atoms with Gasteiger partial charge in [-0.1, -0.05) is 11.6 Å². The van der Waals surface area contributed by atoms with E-state index >= 15 is 0 Å². The lowest BCUT2D eigenvalue weighted by Crippen LogP contribution is -2.56. The van der Waals surface area contributed by atoms with Gasteiger partial charge >= 0.3 is 6.09 Å². The van der Waals surface area contributed by atoms with Gasteiger partial charge in [0.15, 0.2) is 7.98 Å². The highest BCUT2D eigenvalue weighted by Crippen LogP contribution is 2.59. The topological polar surface area (TPSA) is 114 Å². The first-order valence-electron chi connectivity index (χ1n) is 12.9. The summed E-state index contributed by atoms with van der Waals surface area (Å²) in [5, 5.41) is 8.35. The zero-order chi connectivity index (χ0) is 25.2. The van der Waals surface area contributed by atoms with Crippen LogP contribution in [0.4, 0.5) is 4.79 Å². The van der Waals surface area contributed by atoms with Crippen LogP contribution >= 0.6 is 0 Å². The summed E-state index contributed by atoms with van der Waals surface area (Å²) in [7, 11) is 6.88. The second-order valence-electron chi connectivity index (χ2n) is 11.0. The van der Waals surface area contributed by atoms with Gasteiger partial charge in [-0.15, -0.1) is 0 Å². The molecule has 10 heteroatoms. The molecule has 4 unspecified atom stereocenters. The number of ether oxygens (including phenoxy) is 4. The van der Waals surface area contributed by atoms with E-state index in [0.717, 1.165) is 38.5 Å². The normalized spacial score (nSPS) is 40.0. The highest BCUT2D eigenvalue weighted by atomic mass is 16.6. The third kappa shape index (κ3) is 6.04. The van der Waals surface area contributed by atoms with Crippen LogP contribution < -0.4 is 15.9 Å². The first-order valence-corrected chi connectivity index (χ1v) is 12.9. The summed E-state index contributed by atoms with van der Waals surface area (Å²) in [6.45, 7) is 7.12. The maximum atomic E-state index is 12.8. The molecule has 194 valence electrons. The molecule has 2 amide bonds. The van der Waals surface area contributed by atoms with Crippen LogP contribution in [0.2, 0.25) is 0 Å². The standard InChI is InChI=1S/C25H40BN3O6/c1-15(2)5-10-19-24(3,35-19)22-21(32-4)18(11-12-25(22)14-33-25)34-23(31)29-17-8-6-16(7-9-17)28-20(30)13-27-26/h5,16-19,21-22,27H,6-14H2,1-4H3,(H,28,30)(H,29,31)/t16?,17?,18?,19-,21?,22?,24?,25+/m1/s1. The fourth-order valence-electron chi connectivity index (χ4n) is 6.16. The minimum atomic E-state index is -0.411. The Labute approximate surface area is 209 Å². The first kappa shape index (κ1) is 26.4. The van der Waals surface area contributed by atoms with Gasteiger partial charge in [-0.25, -0.2) is 4.79 Å². The molecule has 2 saturated heterocycles. The summed E-state index contributed by atoms with van der Waals surface area (Å²) in [6, 6.07) is 0.134. The lowest BCUT2D eigenvalue weighted by Gasteiger charge is -2.42. The monoisotopic (exact) mass is 489 g/mol. The van der Waals surface area contributed by atoms with Gasteiger partial charge in [0, 0.05) is 19.2 Å². The lowest BCUT2D eigenvalue weighted by molar-refractivity contribution is -0.120. The maximum Gasteiger partial charge on any atom is 0.407 e. The van der Waals surface area contributed by atoms with Crippen LogP contribution in [-0.4, -0.2) is 81.8 Å². The second-order valence-corrected chi connectivity index (χ2v) is 11.0. The van der Waals surface area contributed by atoms with Crippen molar-refractivity contribution in [3.63, 3.8) is 0 Å². The molecule has 4 aliphatic rings. The van der Waals surface area contributed by atoms with Crippen LogP contribution in [0.5, 0.6) is 0 Å². The molecule has 2 aliphatic carbocycles. The lowest BCUT2D eigenvalue weighted by atomic mass is 9.68. The van der Waals surface area contributed by atoms with E-state index in [1.165, 1.54) is 5.57 Å². The van der Waals surface area contributed by atoms with Gasteiger partial charge < -0.3 is 34.8 Å². The van der Waals surface area contributed by atoms with Crippen molar-refractivity contribution in [3.05, 3.63) is 11.6 Å². The van der Waals surface area contributed by atoms with Crippen molar-refractivity contribution in [1.82, 2.24) is 15.9 Å². The summed E-state index contributed by atoms with van der Waals surface area (Å²) in [5.41, 5.74) is 0.673. The van der Waals surface area contributed by atoms with Crippen molar-refractivity contribution in [2.24, 2.45) is 5.92 Å². The van der Waals surface area contributed by atoms with Crippen molar-refractivity contribution in [3.8, 4) is 0 Å².